The number of halogens is 1. The minimum Gasteiger partial charge on any atom is -0.356 e. The van der Waals surface area contributed by atoms with Gasteiger partial charge in [-0.1, -0.05) is 13.8 Å². The highest BCUT2D eigenvalue weighted by molar-refractivity contribution is 5.91. The number of fused-ring (bicyclic) bond motifs is 1. The number of aromatic nitrogens is 3. The molecule has 1 saturated heterocycles. The Balaban J connectivity index is 0.000000774. The van der Waals surface area contributed by atoms with Gasteiger partial charge in [0.25, 0.3) is 0 Å². The second-order valence-electron chi connectivity index (χ2n) is 5.11. The van der Waals surface area contributed by atoms with Crippen LogP contribution in [0.5, 0.6) is 0 Å². The van der Waals surface area contributed by atoms with Crippen molar-refractivity contribution >= 4 is 16.7 Å². The minimum atomic E-state index is -0.655. The van der Waals surface area contributed by atoms with Gasteiger partial charge in [0, 0.05) is 18.8 Å². The SMILES string of the molecule is CC.Cc1cc2nc(F)nc(N3CCCCC3)c2c(C)n1. The first-order chi connectivity index (χ1) is 10.1. The molecule has 3 rings (SSSR count). The topological polar surface area (TPSA) is 41.9 Å². The van der Waals surface area contributed by atoms with Gasteiger partial charge in [-0.3, -0.25) is 4.98 Å². The molecule has 0 bridgehead atoms. The number of rotatable bonds is 1. The smallest absolute Gasteiger partial charge is 0.311 e. The van der Waals surface area contributed by atoms with Crippen LogP contribution in [-0.2, 0) is 0 Å². The molecule has 1 fully saturated rings. The van der Waals surface area contributed by atoms with Crippen LogP contribution in [0.1, 0.15) is 44.5 Å². The zero-order chi connectivity index (χ0) is 15.4. The van der Waals surface area contributed by atoms with E-state index in [0.29, 0.717) is 11.3 Å². The molecule has 0 amide bonds. The third-order valence-electron chi connectivity index (χ3n) is 3.60. The third-order valence-corrected chi connectivity index (χ3v) is 3.60. The van der Waals surface area contributed by atoms with E-state index in [1.54, 1.807) is 0 Å². The summed E-state index contributed by atoms with van der Waals surface area (Å²) in [4.78, 5) is 14.5. The molecule has 0 N–H and O–H groups in total. The van der Waals surface area contributed by atoms with Crippen molar-refractivity contribution in [1.29, 1.82) is 0 Å². The molecule has 5 heteroatoms. The maximum Gasteiger partial charge on any atom is 0.311 e. The Kier molecular flexibility index (Phi) is 5.04. The summed E-state index contributed by atoms with van der Waals surface area (Å²) in [5, 5.41) is 0.883. The summed E-state index contributed by atoms with van der Waals surface area (Å²) < 4.78 is 13.6. The summed E-state index contributed by atoms with van der Waals surface area (Å²) in [5.74, 6) is 0.701. The quantitative estimate of drug-likeness (QED) is 0.749. The summed E-state index contributed by atoms with van der Waals surface area (Å²) >= 11 is 0. The summed E-state index contributed by atoms with van der Waals surface area (Å²) in [5.41, 5.74) is 2.38. The maximum absolute atomic E-state index is 13.6. The average Bonchev–Trinajstić information content (AvgIpc) is 2.48. The van der Waals surface area contributed by atoms with Gasteiger partial charge < -0.3 is 4.90 Å². The van der Waals surface area contributed by atoms with Gasteiger partial charge in [0.2, 0.25) is 0 Å². The highest BCUT2D eigenvalue weighted by atomic mass is 19.1. The lowest BCUT2D eigenvalue weighted by molar-refractivity contribution is 0.531. The van der Waals surface area contributed by atoms with Crippen LogP contribution >= 0.6 is 0 Å². The first-order valence-electron chi connectivity index (χ1n) is 7.71. The maximum atomic E-state index is 13.6. The summed E-state index contributed by atoms with van der Waals surface area (Å²) in [6.45, 7) is 9.69. The Labute approximate surface area is 125 Å². The predicted molar refractivity (Wildman–Crippen MR) is 84.2 cm³/mol. The molecular weight excluding hydrogens is 267 g/mol. The van der Waals surface area contributed by atoms with E-state index in [4.69, 9.17) is 0 Å². The molecule has 114 valence electrons. The van der Waals surface area contributed by atoms with Crippen LogP contribution in [0.3, 0.4) is 0 Å². The fraction of sp³-hybridized carbons (Fsp3) is 0.562. The van der Waals surface area contributed by atoms with Gasteiger partial charge in [0.15, 0.2) is 0 Å². The second kappa shape index (κ2) is 6.78. The molecule has 2 aromatic heterocycles. The molecule has 0 atom stereocenters. The number of aryl methyl sites for hydroxylation is 2. The van der Waals surface area contributed by atoms with Gasteiger partial charge in [-0.05, 0) is 39.2 Å². The predicted octanol–water partition coefficient (Wildman–Crippen LogP) is 3.80. The number of pyridine rings is 1. The Hall–Kier alpha value is -1.78. The molecule has 0 saturated carbocycles. The lowest BCUT2D eigenvalue weighted by Crippen LogP contribution is -2.30. The highest BCUT2D eigenvalue weighted by Crippen LogP contribution is 2.28. The Morgan fingerprint density at radius 2 is 1.67 bits per heavy atom. The zero-order valence-corrected chi connectivity index (χ0v) is 13.3. The van der Waals surface area contributed by atoms with Crippen molar-refractivity contribution in [3.8, 4) is 0 Å². The van der Waals surface area contributed by atoms with Crippen molar-refractivity contribution in [2.24, 2.45) is 0 Å². The number of hydrogen-bond donors (Lipinski definition) is 0. The molecule has 2 aromatic rings. The molecule has 0 unspecified atom stereocenters. The molecule has 21 heavy (non-hydrogen) atoms. The van der Waals surface area contributed by atoms with Gasteiger partial charge in [-0.2, -0.15) is 9.37 Å². The molecule has 0 radical (unpaired) electrons. The Morgan fingerprint density at radius 3 is 2.33 bits per heavy atom. The normalized spacial score (nSPS) is 14.8. The summed E-state index contributed by atoms with van der Waals surface area (Å²) in [7, 11) is 0. The molecule has 4 nitrogen and oxygen atoms in total. The van der Waals surface area contributed by atoms with E-state index in [1.807, 2.05) is 33.8 Å². The van der Waals surface area contributed by atoms with E-state index in [-0.39, 0.29) is 0 Å². The van der Waals surface area contributed by atoms with E-state index in [2.05, 4.69) is 19.9 Å². The van der Waals surface area contributed by atoms with Crippen molar-refractivity contribution < 1.29 is 4.39 Å². The van der Waals surface area contributed by atoms with E-state index < -0.39 is 6.08 Å². The summed E-state index contributed by atoms with van der Waals surface area (Å²) in [6.07, 6.45) is 2.84. The van der Waals surface area contributed by atoms with Crippen molar-refractivity contribution in [3.63, 3.8) is 0 Å². The lowest BCUT2D eigenvalue weighted by atomic mass is 10.1. The van der Waals surface area contributed by atoms with Crippen LogP contribution in [-0.4, -0.2) is 28.0 Å². The van der Waals surface area contributed by atoms with Crippen LogP contribution in [0.25, 0.3) is 10.9 Å². The standard InChI is InChI=1S/C14H17FN4.C2H6/c1-9-8-11-12(10(2)16-9)13(18-14(15)17-11)19-6-4-3-5-7-19;1-2/h8H,3-7H2,1-2H3;1-2H3. The number of nitrogens with zero attached hydrogens (tertiary/aromatic N) is 4. The van der Waals surface area contributed by atoms with Crippen molar-refractivity contribution in [2.75, 3.05) is 18.0 Å². The van der Waals surface area contributed by atoms with E-state index in [1.165, 1.54) is 6.42 Å². The van der Waals surface area contributed by atoms with Gasteiger partial charge in [0.1, 0.15) is 5.82 Å². The van der Waals surface area contributed by atoms with E-state index in [9.17, 15) is 4.39 Å². The van der Waals surface area contributed by atoms with Crippen LogP contribution in [0.4, 0.5) is 10.2 Å². The third kappa shape index (κ3) is 3.28. The highest BCUT2D eigenvalue weighted by Gasteiger charge is 2.19. The van der Waals surface area contributed by atoms with E-state index >= 15 is 0 Å². The molecule has 1 aliphatic rings. The van der Waals surface area contributed by atoms with Crippen LogP contribution in [0.15, 0.2) is 6.07 Å². The number of piperidine rings is 1. The van der Waals surface area contributed by atoms with Gasteiger partial charge in [-0.25, -0.2) is 4.98 Å². The fourth-order valence-electron chi connectivity index (χ4n) is 2.77. The molecule has 0 spiro atoms. The fourth-order valence-corrected chi connectivity index (χ4v) is 2.77. The Morgan fingerprint density at radius 1 is 1.00 bits per heavy atom. The minimum absolute atomic E-state index is 0.651. The van der Waals surface area contributed by atoms with Crippen LogP contribution < -0.4 is 4.90 Å². The monoisotopic (exact) mass is 290 g/mol. The van der Waals surface area contributed by atoms with Gasteiger partial charge >= 0.3 is 6.08 Å². The Bertz CT molecular complexity index is 616. The first-order valence-corrected chi connectivity index (χ1v) is 7.71. The lowest BCUT2D eigenvalue weighted by Gasteiger charge is -2.28. The number of hydrogen-bond acceptors (Lipinski definition) is 4. The van der Waals surface area contributed by atoms with Gasteiger partial charge in [0.05, 0.1) is 16.6 Å². The largest absolute Gasteiger partial charge is 0.356 e. The first kappa shape index (κ1) is 15.6. The second-order valence-corrected chi connectivity index (χ2v) is 5.11. The molecule has 1 aliphatic heterocycles. The zero-order valence-electron chi connectivity index (χ0n) is 13.3. The summed E-state index contributed by atoms with van der Waals surface area (Å²) in [6, 6.07) is 1.82. The molecule has 0 aliphatic carbocycles. The molecule has 3 heterocycles. The van der Waals surface area contributed by atoms with Crippen LogP contribution in [0.2, 0.25) is 0 Å². The van der Waals surface area contributed by atoms with Crippen molar-refractivity contribution in [1.82, 2.24) is 15.0 Å². The number of anilines is 1. The van der Waals surface area contributed by atoms with E-state index in [0.717, 1.165) is 42.7 Å². The van der Waals surface area contributed by atoms with Crippen molar-refractivity contribution in [2.45, 2.75) is 47.0 Å². The van der Waals surface area contributed by atoms with Crippen LogP contribution in [0, 0.1) is 19.9 Å². The molecular formula is C16H23FN4. The van der Waals surface area contributed by atoms with Gasteiger partial charge in [-0.15, -0.1) is 0 Å². The molecule has 0 aromatic carbocycles. The average molecular weight is 290 g/mol. The van der Waals surface area contributed by atoms with Crippen molar-refractivity contribution in [3.05, 3.63) is 23.5 Å².